The van der Waals surface area contributed by atoms with Crippen molar-refractivity contribution in [1.29, 1.82) is 0 Å². The lowest BCUT2D eigenvalue weighted by atomic mass is 10.1. The Morgan fingerprint density at radius 3 is 2.57 bits per heavy atom. The van der Waals surface area contributed by atoms with Crippen LogP contribution in [0.1, 0.15) is 17.3 Å². The molecule has 14 heavy (non-hydrogen) atoms. The predicted octanol–water partition coefficient (Wildman–Crippen LogP) is 2.70. The van der Waals surface area contributed by atoms with Crippen LogP contribution in [-0.4, -0.2) is 10.7 Å². The highest BCUT2D eigenvalue weighted by Gasteiger charge is 2.23. The predicted molar refractivity (Wildman–Crippen MR) is 50.8 cm³/mol. The van der Waals surface area contributed by atoms with Gasteiger partial charge >= 0.3 is 0 Å². The van der Waals surface area contributed by atoms with Gasteiger partial charge in [0.15, 0.2) is 11.6 Å². The lowest BCUT2D eigenvalue weighted by molar-refractivity contribution is -0.385. The van der Waals surface area contributed by atoms with Crippen molar-refractivity contribution in [3.05, 3.63) is 38.1 Å². The van der Waals surface area contributed by atoms with Gasteiger partial charge in [0.25, 0.3) is 5.69 Å². The minimum atomic E-state index is -0.897. The largest absolute Gasteiger partial charge is 0.294 e. The molecular formula is C8H5BrFNO3. The number of nitrogens with zero attached hydrogens (tertiary/aromatic N) is 1. The van der Waals surface area contributed by atoms with Crippen LogP contribution in [-0.2, 0) is 0 Å². The van der Waals surface area contributed by atoms with Crippen molar-refractivity contribution >= 4 is 27.4 Å². The standard InChI is InChI=1S/C8H5BrFNO3/c1-4(12)7-6(11(13)14)3-2-5(9)8(7)10/h2-3H,1H3. The summed E-state index contributed by atoms with van der Waals surface area (Å²) in [6.45, 7) is 1.08. The van der Waals surface area contributed by atoms with Crippen molar-refractivity contribution in [2.24, 2.45) is 0 Å². The third-order valence-corrected chi connectivity index (χ3v) is 2.23. The Morgan fingerprint density at radius 2 is 2.14 bits per heavy atom. The van der Waals surface area contributed by atoms with Crippen LogP contribution < -0.4 is 0 Å². The average molecular weight is 262 g/mol. The summed E-state index contributed by atoms with van der Waals surface area (Å²) in [6, 6.07) is 2.28. The van der Waals surface area contributed by atoms with Crippen LogP contribution in [0.15, 0.2) is 16.6 Å². The minimum Gasteiger partial charge on any atom is -0.294 e. The molecule has 1 rings (SSSR count). The van der Waals surface area contributed by atoms with E-state index < -0.39 is 27.8 Å². The fourth-order valence-electron chi connectivity index (χ4n) is 1.03. The lowest BCUT2D eigenvalue weighted by Gasteiger charge is -2.01. The number of nitro benzene ring substituents is 1. The topological polar surface area (TPSA) is 60.2 Å². The number of carbonyl (C=O) groups excluding carboxylic acids is 1. The van der Waals surface area contributed by atoms with Crippen LogP contribution in [0, 0.1) is 15.9 Å². The van der Waals surface area contributed by atoms with Crippen molar-refractivity contribution in [2.75, 3.05) is 0 Å². The summed E-state index contributed by atoms with van der Waals surface area (Å²) in [6.07, 6.45) is 0. The van der Waals surface area contributed by atoms with Crippen molar-refractivity contribution < 1.29 is 14.1 Å². The third-order valence-electron chi connectivity index (χ3n) is 1.62. The summed E-state index contributed by atoms with van der Waals surface area (Å²) in [4.78, 5) is 20.7. The number of Topliss-reactive ketones (excluding diaryl/α,β-unsaturated/α-hetero) is 1. The van der Waals surface area contributed by atoms with Crippen molar-refractivity contribution in [1.82, 2.24) is 0 Å². The first-order valence-corrected chi connectivity index (χ1v) is 4.37. The Hall–Kier alpha value is -1.30. The van der Waals surface area contributed by atoms with Gasteiger partial charge in [-0.1, -0.05) is 0 Å². The smallest absolute Gasteiger partial charge is 0.283 e. The van der Waals surface area contributed by atoms with Gasteiger partial charge in [0, 0.05) is 6.07 Å². The van der Waals surface area contributed by atoms with Crippen LogP contribution in [0.4, 0.5) is 10.1 Å². The van der Waals surface area contributed by atoms with Gasteiger partial charge in [-0.15, -0.1) is 0 Å². The first-order valence-electron chi connectivity index (χ1n) is 3.58. The van der Waals surface area contributed by atoms with Crippen molar-refractivity contribution in [3.8, 4) is 0 Å². The van der Waals surface area contributed by atoms with Gasteiger partial charge in [0.05, 0.1) is 9.40 Å². The van der Waals surface area contributed by atoms with Gasteiger partial charge in [0.1, 0.15) is 5.56 Å². The maximum absolute atomic E-state index is 13.3. The van der Waals surface area contributed by atoms with Crippen LogP contribution >= 0.6 is 15.9 Å². The van der Waals surface area contributed by atoms with Gasteiger partial charge in [-0.2, -0.15) is 0 Å². The fraction of sp³-hybridized carbons (Fsp3) is 0.125. The highest BCUT2D eigenvalue weighted by molar-refractivity contribution is 9.10. The van der Waals surface area contributed by atoms with Crippen LogP contribution in [0.5, 0.6) is 0 Å². The van der Waals surface area contributed by atoms with Gasteiger partial charge in [-0.25, -0.2) is 4.39 Å². The lowest BCUT2D eigenvalue weighted by Crippen LogP contribution is -2.04. The van der Waals surface area contributed by atoms with Gasteiger partial charge in [-0.3, -0.25) is 14.9 Å². The molecule has 0 aromatic heterocycles. The zero-order chi connectivity index (χ0) is 10.9. The molecule has 0 spiro atoms. The van der Waals surface area contributed by atoms with E-state index in [2.05, 4.69) is 15.9 Å². The number of benzene rings is 1. The Balaban J connectivity index is 3.53. The number of rotatable bonds is 2. The normalized spacial score (nSPS) is 9.93. The van der Waals surface area contributed by atoms with E-state index in [1.165, 1.54) is 6.07 Å². The molecule has 4 nitrogen and oxygen atoms in total. The molecule has 1 aromatic rings. The van der Waals surface area contributed by atoms with Gasteiger partial charge in [-0.05, 0) is 28.9 Å². The average Bonchev–Trinajstić information content (AvgIpc) is 2.08. The molecule has 0 bridgehead atoms. The SMILES string of the molecule is CC(=O)c1c([N+](=O)[O-])ccc(Br)c1F. The van der Waals surface area contributed by atoms with E-state index in [1.807, 2.05) is 0 Å². The first kappa shape index (κ1) is 10.8. The Kier molecular flexibility index (Phi) is 2.95. The fourth-order valence-corrected chi connectivity index (χ4v) is 1.36. The second-order valence-corrected chi connectivity index (χ2v) is 3.42. The molecule has 0 atom stereocenters. The zero-order valence-corrected chi connectivity index (χ0v) is 8.67. The molecule has 0 amide bonds. The zero-order valence-electron chi connectivity index (χ0n) is 7.08. The minimum absolute atomic E-state index is 0.0355. The second kappa shape index (κ2) is 3.83. The summed E-state index contributed by atoms with van der Waals surface area (Å²) in [5.41, 5.74) is -1.01. The number of hydrogen-bond acceptors (Lipinski definition) is 3. The summed E-state index contributed by atoms with van der Waals surface area (Å²) in [7, 11) is 0. The number of nitro groups is 1. The quantitative estimate of drug-likeness (QED) is 0.467. The van der Waals surface area contributed by atoms with Crippen molar-refractivity contribution in [2.45, 2.75) is 6.92 Å². The number of ketones is 1. The summed E-state index contributed by atoms with van der Waals surface area (Å²) >= 11 is 2.85. The Bertz CT molecular complexity index is 419. The molecule has 0 radical (unpaired) electrons. The Labute approximate surface area is 87.0 Å². The molecule has 6 heteroatoms. The van der Waals surface area contributed by atoms with Gasteiger partial charge < -0.3 is 0 Å². The second-order valence-electron chi connectivity index (χ2n) is 2.57. The van der Waals surface area contributed by atoms with Crippen molar-refractivity contribution in [3.63, 3.8) is 0 Å². The maximum atomic E-state index is 13.3. The van der Waals surface area contributed by atoms with E-state index in [9.17, 15) is 19.3 Å². The molecule has 0 aliphatic rings. The maximum Gasteiger partial charge on any atom is 0.283 e. The number of hydrogen-bond donors (Lipinski definition) is 0. The van der Waals surface area contributed by atoms with E-state index >= 15 is 0 Å². The molecule has 0 N–H and O–H groups in total. The molecule has 0 fully saturated rings. The number of halogens is 2. The van der Waals surface area contributed by atoms with E-state index in [0.29, 0.717) is 0 Å². The van der Waals surface area contributed by atoms with Gasteiger partial charge in [0.2, 0.25) is 0 Å². The van der Waals surface area contributed by atoms with Crippen LogP contribution in [0.25, 0.3) is 0 Å². The molecular weight excluding hydrogens is 257 g/mol. The highest BCUT2D eigenvalue weighted by atomic mass is 79.9. The van der Waals surface area contributed by atoms with E-state index in [1.54, 1.807) is 0 Å². The molecule has 0 saturated carbocycles. The van der Waals surface area contributed by atoms with E-state index in [4.69, 9.17) is 0 Å². The molecule has 0 aliphatic heterocycles. The van der Waals surface area contributed by atoms with Crippen LogP contribution in [0.3, 0.4) is 0 Å². The molecule has 1 aromatic carbocycles. The Morgan fingerprint density at radius 1 is 1.57 bits per heavy atom. The molecule has 0 unspecified atom stereocenters. The summed E-state index contributed by atoms with van der Waals surface area (Å²) in [5, 5.41) is 10.5. The molecule has 0 heterocycles. The monoisotopic (exact) mass is 261 g/mol. The third kappa shape index (κ3) is 1.79. The van der Waals surface area contributed by atoms with E-state index in [0.717, 1.165) is 13.0 Å². The van der Waals surface area contributed by atoms with Crippen LogP contribution in [0.2, 0.25) is 0 Å². The highest BCUT2D eigenvalue weighted by Crippen LogP contribution is 2.27. The first-order chi connectivity index (χ1) is 6.45. The molecule has 74 valence electrons. The molecule has 0 saturated heterocycles. The summed E-state index contributed by atoms with van der Waals surface area (Å²) < 4.78 is 13.3. The van der Waals surface area contributed by atoms with E-state index in [-0.39, 0.29) is 4.47 Å². The number of carbonyl (C=O) groups is 1. The molecule has 0 aliphatic carbocycles. The summed E-state index contributed by atoms with van der Waals surface area (Å²) in [5.74, 6) is -1.57.